The maximum absolute atomic E-state index is 13.3. The van der Waals surface area contributed by atoms with E-state index in [1.54, 1.807) is 36.9 Å². The first-order chi connectivity index (χ1) is 13.6. The van der Waals surface area contributed by atoms with Crippen LogP contribution in [0.25, 0.3) is 11.5 Å². The molecule has 4 aromatic heterocycles. The van der Waals surface area contributed by atoms with E-state index in [0.717, 1.165) is 17.8 Å². The Bertz CT molecular complexity index is 1150. The van der Waals surface area contributed by atoms with Gasteiger partial charge in [0.05, 0.1) is 46.7 Å². The average molecular weight is 382 g/mol. The molecule has 0 amide bonds. The number of fused-ring (bicyclic) bond motifs is 2. The summed E-state index contributed by atoms with van der Waals surface area (Å²) in [6, 6.07) is 6.24. The highest BCUT2D eigenvalue weighted by atomic mass is 19.3. The van der Waals surface area contributed by atoms with Crippen molar-refractivity contribution in [2.24, 2.45) is 0 Å². The highest BCUT2D eigenvalue weighted by Crippen LogP contribution is 2.29. The molecule has 5 rings (SSSR count). The van der Waals surface area contributed by atoms with E-state index in [-0.39, 0.29) is 11.7 Å². The third-order valence-corrected chi connectivity index (χ3v) is 4.81. The summed E-state index contributed by atoms with van der Waals surface area (Å²) >= 11 is 0. The summed E-state index contributed by atoms with van der Waals surface area (Å²) in [7, 11) is 0. The first-order valence-corrected chi connectivity index (χ1v) is 8.76. The van der Waals surface area contributed by atoms with Crippen LogP contribution in [0.1, 0.15) is 35.2 Å². The quantitative estimate of drug-likeness (QED) is 0.563. The van der Waals surface area contributed by atoms with Gasteiger partial charge < -0.3 is 11.1 Å². The minimum absolute atomic E-state index is 0.138. The minimum Gasteiger partial charge on any atom is -0.396 e. The summed E-state index contributed by atoms with van der Waals surface area (Å²) < 4.78 is 29.7. The Labute approximate surface area is 158 Å². The summed E-state index contributed by atoms with van der Waals surface area (Å²) in [5.74, 6) is 0.485. The molecule has 1 aliphatic heterocycles. The van der Waals surface area contributed by atoms with Crippen LogP contribution in [-0.2, 0) is 6.42 Å². The van der Waals surface area contributed by atoms with Crippen molar-refractivity contribution in [2.45, 2.75) is 18.9 Å². The Balaban J connectivity index is 1.58. The van der Waals surface area contributed by atoms with Gasteiger partial charge in [0.2, 0.25) is 5.95 Å². The van der Waals surface area contributed by atoms with Crippen LogP contribution in [0.5, 0.6) is 0 Å². The molecule has 8 nitrogen and oxygen atoms in total. The van der Waals surface area contributed by atoms with Crippen molar-refractivity contribution in [2.75, 3.05) is 12.3 Å². The first-order valence-electron chi connectivity index (χ1n) is 8.76. The Morgan fingerprint density at radius 2 is 2.00 bits per heavy atom. The van der Waals surface area contributed by atoms with Gasteiger partial charge in [0.15, 0.2) is 0 Å². The predicted molar refractivity (Wildman–Crippen MR) is 97.3 cm³/mol. The van der Waals surface area contributed by atoms with Crippen molar-refractivity contribution in [1.29, 1.82) is 0 Å². The van der Waals surface area contributed by atoms with Crippen LogP contribution in [0, 0.1) is 0 Å². The summed E-state index contributed by atoms with van der Waals surface area (Å²) in [5.41, 5.74) is 9.00. The molecule has 10 heteroatoms. The highest BCUT2D eigenvalue weighted by Gasteiger charge is 2.29. The van der Waals surface area contributed by atoms with Gasteiger partial charge in [0, 0.05) is 13.0 Å². The molecule has 1 aliphatic rings. The Morgan fingerprint density at radius 3 is 2.79 bits per heavy atom. The summed E-state index contributed by atoms with van der Waals surface area (Å²) in [4.78, 5) is 13.0. The average Bonchev–Trinajstić information content (AvgIpc) is 3.32. The second-order valence-electron chi connectivity index (χ2n) is 6.56. The Kier molecular flexibility index (Phi) is 3.79. The second kappa shape index (κ2) is 6.34. The van der Waals surface area contributed by atoms with E-state index in [9.17, 15) is 8.78 Å². The topological polar surface area (TPSA) is 98.9 Å². The van der Waals surface area contributed by atoms with Crippen LogP contribution in [0.15, 0.2) is 43.0 Å². The van der Waals surface area contributed by atoms with Gasteiger partial charge in [0.1, 0.15) is 12.0 Å². The first kappa shape index (κ1) is 16.8. The molecule has 1 unspecified atom stereocenters. The van der Waals surface area contributed by atoms with Gasteiger partial charge in [0.25, 0.3) is 6.43 Å². The van der Waals surface area contributed by atoms with Crippen LogP contribution >= 0.6 is 0 Å². The number of aromatic nitrogens is 6. The lowest BCUT2D eigenvalue weighted by Crippen LogP contribution is -2.32. The smallest absolute Gasteiger partial charge is 0.280 e. The van der Waals surface area contributed by atoms with E-state index in [4.69, 9.17) is 5.73 Å². The predicted octanol–water partition coefficient (Wildman–Crippen LogP) is 2.06. The minimum atomic E-state index is -2.60. The third kappa shape index (κ3) is 2.61. The van der Waals surface area contributed by atoms with E-state index in [2.05, 4.69) is 25.4 Å². The van der Waals surface area contributed by atoms with Crippen molar-refractivity contribution >= 4 is 11.2 Å². The van der Waals surface area contributed by atoms with Crippen LogP contribution in [-0.4, -0.2) is 35.7 Å². The molecule has 0 bridgehead atoms. The number of imidazole rings is 1. The standard InChI is InChI=1S/C18H16F2N8/c19-17(20)14-3-1-2-11-6-12(26-28(11)14)15-16-13(4-5-22-15)27(9-25-16)18-23-7-10(21)8-24-18/h1-3,6-9,15,17,22H,4-5,21H2. The fraction of sp³-hybridized carbons (Fsp3) is 0.222. The third-order valence-electron chi connectivity index (χ3n) is 4.81. The lowest BCUT2D eigenvalue weighted by atomic mass is 10.0. The molecule has 142 valence electrons. The molecular formula is C18H16F2N8. The van der Waals surface area contributed by atoms with Gasteiger partial charge in [-0.15, -0.1) is 0 Å². The zero-order valence-electron chi connectivity index (χ0n) is 14.6. The normalized spacial score (nSPS) is 16.6. The molecule has 0 aromatic carbocycles. The molecule has 28 heavy (non-hydrogen) atoms. The Hall–Kier alpha value is -3.40. The van der Waals surface area contributed by atoms with Crippen molar-refractivity contribution in [1.82, 2.24) is 34.4 Å². The molecule has 0 fully saturated rings. The molecule has 0 spiro atoms. The number of anilines is 1. The number of nitrogens with one attached hydrogen (secondary N) is 1. The number of nitrogen functional groups attached to an aromatic ring is 1. The molecule has 0 saturated carbocycles. The SMILES string of the molecule is Nc1cnc(-n2cnc3c2CCNC3c2cc3cccc(C(F)F)n3n2)nc1. The number of hydrogen-bond donors (Lipinski definition) is 2. The number of alkyl halides is 2. The Morgan fingerprint density at radius 1 is 1.18 bits per heavy atom. The second-order valence-corrected chi connectivity index (χ2v) is 6.56. The lowest BCUT2D eigenvalue weighted by Gasteiger charge is -2.22. The highest BCUT2D eigenvalue weighted by molar-refractivity contribution is 5.50. The van der Waals surface area contributed by atoms with Crippen molar-refractivity contribution in [3.8, 4) is 5.95 Å². The fourth-order valence-electron chi connectivity index (χ4n) is 3.54. The lowest BCUT2D eigenvalue weighted by molar-refractivity contribution is 0.143. The monoisotopic (exact) mass is 382 g/mol. The van der Waals surface area contributed by atoms with Gasteiger partial charge in [-0.05, 0) is 18.2 Å². The molecule has 5 heterocycles. The molecule has 0 aliphatic carbocycles. The largest absolute Gasteiger partial charge is 0.396 e. The van der Waals surface area contributed by atoms with Crippen molar-refractivity contribution < 1.29 is 8.78 Å². The number of nitrogens with two attached hydrogens (primary N) is 1. The zero-order chi connectivity index (χ0) is 19.3. The molecule has 0 radical (unpaired) electrons. The van der Waals surface area contributed by atoms with Crippen LogP contribution in [0.2, 0.25) is 0 Å². The van der Waals surface area contributed by atoms with E-state index in [1.165, 1.54) is 10.6 Å². The van der Waals surface area contributed by atoms with Gasteiger partial charge in [-0.1, -0.05) is 6.07 Å². The zero-order valence-corrected chi connectivity index (χ0v) is 14.6. The van der Waals surface area contributed by atoms with E-state index >= 15 is 0 Å². The van der Waals surface area contributed by atoms with Gasteiger partial charge >= 0.3 is 0 Å². The summed E-state index contributed by atoms with van der Waals surface area (Å²) in [5, 5.41) is 7.80. The van der Waals surface area contributed by atoms with E-state index in [0.29, 0.717) is 29.4 Å². The van der Waals surface area contributed by atoms with Gasteiger partial charge in [-0.2, -0.15) is 5.10 Å². The molecule has 0 saturated heterocycles. The number of hydrogen-bond acceptors (Lipinski definition) is 6. The maximum Gasteiger partial charge on any atom is 0.280 e. The summed E-state index contributed by atoms with van der Waals surface area (Å²) in [6.45, 7) is 0.688. The summed E-state index contributed by atoms with van der Waals surface area (Å²) in [6.07, 6.45) is 2.88. The van der Waals surface area contributed by atoms with Crippen LogP contribution < -0.4 is 11.1 Å². The number of pyridine rings is 1. The number of rotatable bonds is 3. The molecular weight excluding hydrogens is 366 g/mol. The van der Waals surface area contributed by atoms with E-state index in [1.807, 2.05) is 4.57 Å². The molecule has 1 atom stereocenters. The van der Waals surface area contributed by atoms with Crippen LogP contribution in [0.3, 0.4) is 0 Å². The van der Waals surface area contributed by atoms with Gasteiger partial charge in [-0.3, -0.25) is 4.57 Å². The fourth-order valence-corrected chi connectivity index (χ4v) is 3.54. The van der Waals surface area contributed by atoms with E-state index < -0.39 is 6.43 Å². The molecule has 3 N–H and O–H groups in total. The number of halogens is 2. The van der Waals surface area contributed by atoms with Crippen LogP contribution in [0.4, 0.5) is 14.5 Å². The van der Waals surface area contributed by atoms with Crippen molar-refractivity contribution in [3.05, 3.63) is 65.8 Å². The van der Waals surface area contributed by atoms with Crippen molar-refractivity contribution in [3.63, 3.8) is 0 Å². The maximum atomic E-state index is 13.3. The number of nitrogens with zero attached hydrogens (tertiary/aromatic N) is 6. The molecule has 4 aromatic rings. The van der Waals surface area contributed by atoms with Gasteiger partial charge in [-0.25, -0.2) is 28.2 Å².